The summed E-state index contributed by atoms with van der Waals surface area (Å²) in [4.78, 5) is 3.25. The lowest BCUT2D eigenvalue weighted by atomic mass is 10.0. The van der Waals surface area contributed by atoms with E-state index in [1.807, 2.05) is 5.38 Å². The van der Waals surface area contributed by atoms with Crippen molar-refractivity contribution >= 4 is 11.3 Å². The Bertz CT molecular complexity index is 297. The van der Waals surface area contributed by atoms with Gasteiger partial charge in [0.25, 0.3) is 0 Å². The van der Waals surface area contributed by atoms with Crippen molar-refractivity contribution in [3.8, 4) is 0 Å². The van der Waals surface area contributed by atoms with E-state index in [-0.39, 0.29) is 5.82 Å². The molecule has 1 atom stereocenters. The molecule has 1 saturated heterocycles. The molecule has 0 spiro atoms. The Morgan fingerprint density at radius 3 is 3.14 bits per heavy atom. The van der Waals surface area contributed by atoms with Crippen LogP contribution in [0.15, 0.2) is 11.4 Å². The number of piperidine rings is 1. The van der Waals surface area contributed by atoms with E-state index in [2.05, 4.69) is 11.8 Å². The molecule has 1 nitrogen and oxygen atoms in total. The number of nitrogens with zero attached hydrogens (tertiary/aromatic N) is 1. The predicted molar refractivity (Wildman–Crippen MR) is 58.0 cm³/mol. The summed E-state index contributed by atoms with van der Waals surface area (Å²) in [5, 5.41) is 1.83. The molecular weight excluding hydrogens is 197 g/mol. The van der Waals surface area contributed by atoms with Crippen LogP contribution in [0.3, 0.4) is 0 Å². The largest absolute Gasteiger partial charge is 0.298 e. The van der Waals surface area contributed by atoms with Gasteiger partial charge in [-0.2, -0.15) is 0 Å². The molecule has 0 N–H and O–H groups in total. The molecule has 0 unspecified atom stereocenters. The van der Waals surface area contributed by atoms with Gasteiger partial charge in [0, 0.05) is 13.1 Å². The van der Waals surface area contributed by atoms with Gasteiger partial charge < -0.3 is 0 Å². The van der Waals surface area contributed by atoms with Crippen molar-refractivity contribution < 1.29 is 4.39 Å². The standard InChI is InChI=1S/C11H16FNS/c1-9-3-2-5-13(7-9)8-11-10(12)4-6-14-11/h4,6,9H,2-3,5,7-8H2,1H3/t9-/m1/s1. The number of likely N-dealkylation sites (tertiary alicyclic amines) is 1. The second-order valence-corrected chi connectivity index (χ2v) is 5.17. The molecular formula is C11H16FNS. The first kappa shape index (κ1) is 10.1. The average Bonchev–Trinajstić information content (AvgIpc) is 2.52. The number of halogens is 1. The van der Waals surface area contributed by atoms with E-state index in [1.54, 1.807) is 6.07 Å². The van der Waals surface area contributed by atoms with Crippen LogP contribution in [0.2, 0.25) is 0 Å². The third-order valence-electron chi connectivity index (χ3n) is 2.80. The molecule has 1 fully saturated rings. The third-order valence-corrected chi connectivity index (χ3v) is 3.68. The van der Waals surface area contributed by atoms with Crippen molar-refractivity contribution in [1.29, 1.82) is 0 Å². The lowest BCUT2D eigenvalue weighted by molar-refractivity contribution is 0.176. The minimum Gasteiger partial charge on any atom is -0.298 e. The van der Waals surface area contributed by atoms with Gasteiger partial charge in [-0.3, -0.25) is 4.90 Å². The number of hydrogen-bond donors (Lipinski definition) is 0. The van der Waals surface area contributed by atoms with E-state index >= 15 is 0 Å². The molecule has 1 aromatic rings. The highest BCUT2D eigenvalue weighted by Crippen LogP contribution is 2.21. The van der Waals surface area contributed by atoms with Gasteiger partial charge in [-0.05, 0) is 36.8 Å². The Kier molecular flexibility index (Phi) is 3.19. The molecule has 3 heteroatoms. The molecule has 14 heavy (non-hydrogen) atoms. The Morgan fingerprint density at radius 1 is 1.64 bits per heavy atom. The molecule has 1 aliphatic rings. The number of hydrogen-bond acceptors (Lipinski definition) is 2. The summed E-state index contributed by atoms with van der Waals surface area (Å²) in [5.41, 5.74) is 0. The zero-order chi connectivity index (χ0) is 9.97. The maximum atomic E-state index is 13.2. The molecule has 0 bridgehead atoms. The van der Waals surface area contributed by atoms with E-state index in [1.165, 1.54) is 24.2 Å². The molecule has 0 amide bonds. The maximum absolute atomic E-state index is 13.2. The first-order chi connectivity index (χ1) is 6.75. The Morgan fingerprint density at radius 2 is 2.50 bits per heavy atom. The molecule has 1 aromatic heterocycles. The van der Waals surface area contributed by atoms with Crippen LogP contribution in [0, 0.1) is 11.7 Å². The van der Waals surface area contributed by atoms with Crippen LogP contribution in [-0.4, -0.2) is 18.0 Å². The van der Waals surface area contributed by atoms with Crippen LogP contribution in [0.1, 0.15) is 24.6 Å². The zero-order valence-electron chi connectivity index (χ0n) is 8.50. The van der Waals surface area contributed by atoms with Crippen LogP contribution < -0.4 is 0 Å². The molecule has 2 heterocycles. The van der Waals surface area contributed by atoms with E-state index < -0.39 is 0 Å². The van der Waals surface area contributed by atoms with Crippen LogP contribution in [0.4, 0.5) is 4.39 Å². The lowest BCUT2D eigenvalue weighted by Crippen LogP contribution is -2.33. The minimum absolute atomic E-state index is 0.0340. The summed E-state index contributed by atoms with van der Waals surface area (Å²) in [6.45, 7) is 5.32. The fourth-order valence-corrected chi connectivity index (χ4v) is 2.86. The molecule has 0 aliphatic carbocycles. The van der Waals surface area contributed by atoms with Gasteiger partial charge in [-0.15, -0.1) is 11.3 Å². The quantitative estimate of drug-likeness (QED) is 0.729. The summed E-state index contributed by atoms with van der Waals surface area (Å²) in [6.07, 6.45) is 2.58. The van der Waals surface area contributed by atoms with Crippen molar-refractivity contribution in [3.05, 3.63) is 22.1 Å². The average molecular weight is 213 g/mol. The molecule has 0 saturated carbocycles. The van der Waals surface area contributed by atoms with E-state index in [4.69, 9.17) is 0 Å². The van der Waals surface area contributed by atoms with Crippen molar-refractivity contribution in [2.24, 2.45) is 5.92 Å². The molecule has 1 aliphatic heterocycles. The first-order valence-corrected chi connectivity index (χ1v) is 6.08. The van der Waals surface area contributed by atoms with Crippen LogP contribution in [-0.2, 0) is 6.54 Å². The SMILES string of the molecule is C[C@@H]1CCCN(Cc2sccc2F)C1. The van der Waals surface area contributed by atoms with Crippen LogP contribution in [0.5, 0.6) is 0 Å². The van der Waals surface area contributed by atoms with Crippen molar-refractivity contribution in [1.82, 2.24) is 4.90 Å². The van der Waals surface area contributed by atoms with Gasteiger partial charge in [-0.1, -0.05) is 6.92 Å². The summed E-state index contributed by atoms with van der Waals surface area (Å²) < 4.78 is 13.2. The lowest BCUT2D eigenvalue weighted by Gasteiger charge is -2.30. The highest BCUT2D eigenvalue weighted by molar-refractivity contribution is 7.09. The fourth-order valence-electron chi connectivity index (χ4n) is 2.07. The monoisotopic (exact) mass is 213 g/mol. The Hall–Kier alpha value is -0.410. The van der Waals surface area contributed by atoms with Gasteiger partial charge in [-0.25, -0.2) is 4.39 Å². The van der Waals surface area contributed by atoms with E-state index in [0.29, 0.717) is 0 Å². The molecule has 2 rings (SSSR count). The normalized spacial score (nSPS) is 24.0. The second-order valence-electron chi connectivity index (χ2n) is 4.17. The second kappa shape index (κ2) is 4.41. The third kappa shape index (κ3) is 2.34. The van der Waals surface area contributed by atoms with Gasteiger partial charge in [0.05, 0.1) is 4.88 Å². The number of thiophene rings is 1. The van der Waals surface area contributed by atoms with Crippen LogP contribution in [0.25, 0.3) is 0 Å². The number of rotatable bonds is 2. The van der Waals surface area contributed by atoms with E-state index in [0.717, 1.165) is 30.4 Å². The first-order valence-electron chi connectivity index (χ1n) is 5.20. The van der Waals surface area contributed by atoms with Gasteiger partial charge >= 0.3 is 0 Å². The van der Waals surface area contributed by atoms with Crippen molar-refractivity contribution in [2.45, 2.75) is 26.3 Å². The summed E-state index contributed by atoms with van der Waals surface area (Å²) in [5.74, 6) is 0.736. The highest BCUT2D eigenvalue weighted by Gasteiger charge is 2.17. The summed E-state index contributed by atoms with van der Waals surface area (Å²) in [7, 11) is 0. The summed E-state index contributed by atoms with van der Waals surface area (Å²) >= 11 is 1.53. The van der Waals surface area contributed by atoms with Gasteiger partial charge in [0.2, 0.25) is 0 Å². The smallest absolute Gasteiger partial charge is 0.138 e. The molecule has 78 valence electrons. The van der Waals surface area contributed by atoms with E-state index in [9.17, 15) is 4.39 Å². The van der Waals surface area contributed by atoms with Crippen LogP contribution >= 0.6 is 11.3 Å². The maximum Gasteiger partial charge on any atom is 0.138 e. The minimum atomic E-state index is -0.0340. The van der Waals surface area contributed by atoms with Gasteiger partial charge in [0.15, 0.2) is 0 Å². The topological polar surface area (TPSA) is 3.24 Å². The fraction of sp³-hybridized carbons (Fsp3) is 0.636. The Labute approximate surface area is 88.5 Å². The Balaban J connectivity index is 1.94. The molecule has 0 radical (unpaired) electrons. The van der Waals surface area contributed by atoms with Crippen molar-refractivity contribution in [3.63, 3.8) is 0 Å². The van der Waals surface area contributed by atoms with Gasteiger partial charge in [0.1, 0.15) is 5.82 Å². The predicted octanol–water partition coefficient (Wildman–Crippen LogP) is 3.12. The highest BCUT2D eigenvalue weighted by atomic mass is 32.1. The summed E-state index contributed by atoms with van der Waals surface area (Å²) in [6, 6.07) is 1.56. The zero-order valence-corrected chi connectivity index (χ0v) is 9.32. The molecule has 0 aromatic carbocycles. The van der Waals surface area contributed by atoms with Crippen molar-refractivity contribution in [2.75, 3.05) is 13.1 Å².